The molecule has 2 aliphatic carbocycles. The fraction of sp³-hybridized carbons (Fsp3) is 0.435. The summed E-state index contributed by atoms with van der Waals surface area (Å²) in [4.78, 5) is 21.6. The number of anilines is 1. The van der Waals surface area contributed by atoms with Gasteiger partial charge in [-0.2, -0.15) is 0 Å². The third kappa shape index (κ3) is 4.87. The second-order valence-corrected chi connectivity index (χ2v) is 10.5. The summed E-state index contributed by atoms with van der Waals surface area (Å²) in [5.41, 5.74) is 1.46. The third-order valence-corrected chi connectivity index (χ3v) is 8.14. The van der Waals surface area contributed by atoms with Crippen molar-refractivity contribution in [3.05, 3.63) is 54.0 Å². The largest absolute Gasteiger partial charge is 0.305 e. The second kappa shape index (κ2) is 9.05. The monoisotopic (exact) mass is 461 g/mol. The molecule has 32 heavy (non-hydrogen) atoms. The predicted molar refractivity (Wildman–Crippen MR) is 117 cm³/mol. The summed E-state index contributed by atoms with van der Waals surface area (Å²) in [5, 5.41) is 2.34. The zero-order valence-corrected chi connectivity index (χ0v) is 18.5. The number of carbonyl (C=O) groups excluding carboxylic acids is 1. The van der Waals surface area contributed by atoms with E-state index in [9.17, 15) is 22.0 Å². The molecule has 0 radical (unpaired) electrons. The number of aryl methyl sites for hydroxylation is 1. The van der Waals surface area contributed by atoms with Crippen molar-refractivity contribution in [1.82, 2.24) is 9.97 Å². The van der Waals surface area contributed by atoms with Gasteiger partial charge in [0, 0.05) is 5.57 Å². The molecule has 0 spiro atoms. The van der Waals surface area contributed by atoms with Gasteiger partial charge >= 0.3 is 0 Å². The van der Waals surface area contributed by atoms with E-state index in [4.69, 9.17) is 0 Å². The summed E-state index contributed by atoms with van der Waals surface area (Å²) in [5.74, 6) is -0.688. The fourth-order valence-electron chi connectivity index (χ4n) is 3.83. The van der Waals surface area contributed by atoms with Gasteiger partial charge in [-0.15, -0.1) is 0 Å². The van der Waals surface area contributed by atoms with E-state index >= 15 is 0 Å². The van der Waals surface area contributed by atoms with Gasteiger partial charge in [-0.1, -0.05) is 25.1 Å². The lowest BCUT2D eigenvalue weighted by atomic mass is 9.98. The Hall–Kier alpha value is -2.68. The number of halogens is 2. The Labute approximate surface area is 186 Å². The third-order valence-electron chi connectivity index (χ3n) is 5.86. The number of amides is 1. The van der Waals surface area contributed by atoms with Crippen LogP contribution in [0.5, 0.6) is 0 Å². The molecule has 1 amide bonds. The topological polar surface area (TPSA) is 89.0 Å². The van der Waals surface area contributed by atoms with Crippen molar-refractivity contribution in [1.29, 1.82) is 0 Å². The molecule has 2 saturated carbocycles. The minimum absolute atomic E-state index is 0.00288. The number of nitrogens with one attached hydrogen (secondary N) is 1. The first-order valence-corrected chi connectivity index (χ1v) is 12.3. The van der Waals surface area contributed by atoms with Crippen LogP contribution in [0.25, 0.3) is 5.57 Å². The predicted octanol–water partition coefficient (Wildman–Crippen LogP) is 4.08. The van der Waals surface area contributed by atoms with Crippen LogP contribution in [0.4, 0.5) is 14.6 Å². The summed E-state index contributed by atoms with van der Waals surface area (Å²) >= 11 is 0. The molecule has 0 bridgehead atoms. The van der Waals surface area contributed by atoms with Crippen molar-refractivity contribution in [2.75, 3.05) is 5.32 Å². The van der Waals surface area contributed by atoms with Crippen LogP contribution in [0.1, 0.15) is 43.9 Å². The van der Waals surface area contributed by atoms with Gasteiger partial charge in [0.05, 0.1) is 28.2 Å². The minimum Gasteiger partial charge on any atom is -0.305 e. The number of hydrogen-bond donors (Lipinski definition) is 1. The summed E-state index contributed by atoms with van der Waals surface area (Å²) < 4.78 is 52.4. The standard InChI is InChI=1S/C23H25F2N3O3S/c1-2-16-12-27-22(13-26-16)28-23(29)19(9-14-10-20(24)21(25)11-14)15-3-5-17(6-4-15)32(30,31)18-7-8-18/h3-6,9,12-14,18,20-21H,2,7-8,10-11H2,1H3,(H,27,28,29)/b19-9+/t14?,20-,21+. The van der Waals surface area contributed by atoms with Crippen molar-refractivity contribution >= 4 is 27.1 Å². The van der Waals surface area contributed by atoms with Gasteiger partial charge in [-0.25, -0.2) is 22.2 Å². The van der Waals surface area contributed by atoms with E-state index in [-0.39, 0.29) is 34.4 Å². The quantitative estimate of drug-likeness (QED) is 0.628. The van der Waals surface area contributed by atoms with Crippen LogP contribution in [0.15, 0.2) is 47.6 Å². The number of aromatic nitrogens is 2. The number of benzene rings is 1. The van der Waals surface area contributed by atoms with Crippen molar-refractivity contribution in [3.63, 3.8) is 0 Å². The Morgan fingerprint density at radius 3 is 2.28 bits per heavy atom. The summed E-state index contributed by atoms with van der Waals surface area (Å²) in [6.45, 7) is 1.94. The van der Waals surface area contributed by atoms with Crippen LogP contribution in [-0.4, -0.2) is 41.9 Å². The lowest BCUT2D eigenvalue weighted by molar-refractivity contribution is -0.111. The van der Waals surface area contributed by atoms with Crippen LogP contribution >= 0.6 is 0 Å². The smallest absolute Gasteiger partial charge is 0.257 e. The first kappa shape index (κ1) is 22.5. The van der Waals surface area contributed by atoms with Crippen molar-refractivity contribution in [2.24, 2.45) is 5.92 Å². The maximum Gasteiger partial charge on any atom is 0.257 e. The molecule has 1 unspecified atom stereocenters. The molecule has 170 valence electrons. The molecule has 1 aromatic heterocycles. The van der Waals surface area contributed by atoms with Gasteiger partial charge in [0.2, 0.25) is 0 Å². The highest BCUT2D eigenvalue weighted by molar-refractivity contribution is 7.92. The lowest BCUT2D eigenvalue weighted by Crippen LogP contribution is -2.16. The van der Waals surface area contributed by atoms with Gasteiger partial charge in [-0.05, 0) is 55.7 Å². The average Bonchev–Trinajstić information content (AvgIpc) is 3.59. The van der Waals surface area contributed by atoms with Crippen LogP contribution in [0.3, 0.4) is 0 Å². The Morgan fingerprint density at radius 2 is 1.75 bits per heavy atom. The van der Waals surface area contributed by atoms with Crippen LogP contribution in [-0.2, 0) is 21.1 Å². The van der Waals surface area contributed by atoms with Crippen LogP contribution in [0, 0.1) is 5.92 Å². The molecule has 1 aromatic carbocycles. The van der Waals surface area contributed by atoms with E-state index in [1.807, 2.05) is 6.92 Å². The molecule has 1 heterocycles. The number of alkyl halides is 2. The lowest BCUT2D eigenvalue weighted by Gasteiger charge is -2.12. The average molecular weight is 462 g/mol. The molecule has 2 aromatic rings. The Morgan fingerprint density at radius 1 is 1.09 bits per heavy atom. The van der Waals surface area contributed by atoms with Gasteiger partial charge in [0.25, 0.3) is 5.91 Å². The number of rotatable bonds is 7. The molecule has 2 fully saturated rings. The normalized spacial score (nSPS) is 23.8. The van der Waals surface area contributed by atoms with Crippen LogP contribution < -0.4 is 5.32 Å². The Kier molecular flexibility index (Phi) is 6.37. The number of carbonyl (C=O) groups is 1. The van der Waals surface area contributed by atoms with Crippen molar-refractivity contribution in [2.45, 2.75) is 61.5 Å². The van der Waals surface area contributed by atoms with E-state index in [0.29, 0.717) is 24.8 Å². The number of nitrogens with zero attached hydrogens (tertiary/aromatic N) is 2. The first-order valence-electron chi connectivity index (χ1n) is 10.7. The molecule has 9 heteroatoms. The molecule has 4 rings (SSSR count). The van der Waals surface area contributed by atoms with E-state index < -0.39 is 34.0 Å². The van der Waals surface area contributed by atoms with E-state index in [0.717, 1.165) is 5.69 Å². The Bertz CT molecular complexity index is 1100. The highest BCUT2D eigenvalue weighted by Crippen LogP contribution is 2.36. The van der Waals surface area contributed by atoms with Crippen molar-refractivity contribution in [3.8, 4) is 0 Å². The molecular formula is C23H25F2N3O3S. The van der Waals surface area contributed by atoms with Crippen LogP contribution in [0.2, 0.25) is 0 Å². The Balaban J connectivity index is 1.62. The fourth-order valence-corrected chi connectivity index (χ4v) is 5.48. The second-order valence-electron chi connectivity index (χ2n) is 8.31. The highest BCUT2D eigenvalue weighted by atomic mass is 32.2. The highest BCUT2D eigenvalue weighted by Gasteiger charge is 2.37. The summed E-state index contributed by atoms with van der Waals surface area (Å²) in [6, 6.07) is 6.07. The zero-order chi connectivity index (χ0) is 22.9. The molecule has 3 atom stereocenters. The molecular weight excluding hydrogens is 436 g/mol. The first-order chi connectivity index (χ1) is 15.3. The molecule has 2 aliphatic rings. The van der Waals surface area contributed by atoms with E-state index in [1.165, 1.54) is 18.3 Å². The number of sulfone groups is 1. The molecule has 0 saturated heterocycles. The van der Waals surface area contributed by atoms with Gasteiger partial charge in [0.15, 0.2) is 15.7 Å². The summed E-state index contributed by atoms with van der Waals surface area (Å²) in [6.07, 6.45) is 3.49. The van der Waals surface area contributed by atoms with Gasteiger partial charge < -0.3 is 5.32 Å². The SMILES string of the molecule is CCc1cnc(NC(=O)/C(=C/C2C[C@@H](F)[C@@H](F)C2)c2ccc(S(=O)(=O)C3CC3)cc2)cn1. The summed E-state index contributed by atoms with van der Waals surface area (Å²) in [7, 11) is -3.36. The number of allylic oxidation sites excluding steroid dienone is 1. The van der Waals surface area contributed by atoms with Gasteiger partial charge in [-0.3, -0.25) is 9.78 Å². The maximum atomic E-state index is 13.7. The molecule has 0 aliphatic heterocycles. The molecule has 6 nitrogen and oxygen atoms in total. The van der Waals surface area contributed by atoms with Crippen molar-refractivity contribution < 1.29 is 22.0 Å². The zero-order valence-electron chi connectivity index (χ0n) is 17.7. The maximum absolute atomic E-state index is 13.7. The number of hydrogen-bond acceptors (Lipinski definition) is 5. The van der Waals surface area contributed by atoms with E-state index in [2.05, 4.69) is 15.3 Å². The van der Waals surface area contributed by atoms with E-state index in [1.54, 1.807) is 24.4 Å². The van der Waals surface area contributed by atoms with Gasteiger partial charge in [0.1, 0.15) is 12.3 Å². The molecule has 1 N–H and O–H groups in total. The minimum atomic E-state index is -3.36.